The average molecular weight is 313 g/mol. The van der Waals surface area contributed by atoms with Crippen LogP contribution < -0.4 is 10.5 Å². The van der Waals surface area contributed by atoms with Crippen molar-refractivity contribution in [2.24, 2.45) is 5.73 Å². The first-order valence-electron chi connectivity index (χ1n) is 5.76. The van der Waals surface area contributed by atoms with Crippen molar-refractivity contribution in [1.82, 2.24) is 14.7 Å². The summed E-state index contributed by atoms with van der Waals surface area (Å²) in [5.41, 5.74) is 6.76. The van der Waals surface area contributed by atoms with Crippen LogP contribution in [-0.4, -0.2) is 18.4 Å². The molecule has 0 aliphatic rings. The SMILES string of the molecule is NCc1ccc(Cl)c(S(=O)(=O)NCc2ccncn2)c1. The van der Waals surface area contributed by atoms with E-state index in [2.05, 4.69) is 14.7 Å². The number of benzene rings is 1. The molecule has 0 spiro atoms. The van der Waals surface area contributed by atoms with Gasteiger partial charge in [-0.2, -0.15) is 0 Å². The van der Waals surface area contributed by atoms with E-state index in [-0.39, 0.29) is 23.0 Å². The molecule has 0 amide bonds. The van der Waals surface area contributed by atoms with Gasteiger partial charge in [-0.3, -0.25) is 0 Å². The molecule has 6 nitrogen and oxygen atoms in total. The second kappa shape index (κ2) is 6.27. The maximum absolute atomic E-state index is 12.2. The minimum Gasteiger partial charge on any atom is -0.326 e. The van der Waals surface area contributed by atoms with Gasteiger partial charge in [0.05, 0.1) is 17.3 Å². The summed E-state index contributed by atoms with van der Waals surface area (Å²) in [6, 6.07) is 6.29. The lowest BCUT2D eigenvalue weighted by Gasteiger charge is -2.09. The lowest BCUT2D eigenvalue weighted by molar-refractivity contribution is 0.580. The van der Waals surface area contributed by atoms with E-state index in [4.69, 9.17) is 17.3 Å². The third-order valence-electron chi connectivity index (χ3n) is 2.61. The van der Waals surface area contributed by atoms with Crippen molar-refractivity contribution in [2.75, 3.05) is 0 Å². The van der Waals surface area contributed by atoms with Gasteiger partial charge in [-0.25, -0.2) is 23.1 Å². The average Bonchev–Trinajstić information content (AvgIpc) is 2.47. The van der Waals surface area contributed by atoms with E-state index < -0.39 is 10.0 Å². The third-order valence-corrected chi connectivity index (χ3v) is 4.49. The summed E-state index contributed by atoms with van der Waals surface area (Å²) in [6.45, 7) is 0.305. The van der Waals surface area contributed by atoms with Crippen molar-refractivity contribution in [2.45, 2.75) is 18.0 Å². The number of hydrogen-bond donors (Lipinski definition) is 2. The number of nitrogens with one attached hydrogen (secondary N) is 1. The Balaban J connectivity index is 2.22. The minimum absolute atomic E-state index is 0.0103. The highest BCUT2D eigenvalue weighted by Gasteiger charge is 2.18. The molecule has 106 valence electrons. The van der Waals surface area contributed by atoms with Gasteiger partial charge < -0.3 is 5.73 Å². The van der Waals surface area contributed by atoms with Gasteiger partial charge in [0.1, 0.15) is 11.2 Å². The Labute approximate surface area is 122 Å². The number of aromatic nitrogens is 2. The summed E-state index contributed by atoms with van der Waals surface area (Å²) in [5, 5.41) is 0.150. The molecule has 1 aromatic carbocycles. The highest BCUT2D eigenvalue weighted by molar-refractivity contribution is 7.89. The van der Waals surface area contributed by atoms with Crippen LogP contribution in [0.1, 0.15) is 11.3 Å². The Bertz CT molecular complexity index is 692. The quantitative estimate of drug-likeness (QED) is 0.860. The largest absolute Gasteiger partial charge is 0.326 e. The zero-order chi connectivity index (χ0) is 14.6. The number of nitrogens with zero attached hydrogens (tertiary/aromatic N) is 2. The number of hydrogen-bond acceptors (Lipinski definition) is 5. The lowest BCUT2D eigenvalue weighted by Crippen LogP contribution is -2.24. The third kappa shape index (κ3) is 3.51. The van der Waals surface area contributed by atoms with E-state index in [1.165, 1.54) is 18.5 Å². The summed E-state index contributed by atoms with van der Waals surface area (Å²) < 4.78 is 26.9. The second-order valence-corrected chi connectivity index (χ2v) is 6.14. The summed E-state index contributed by atoms with van der Waals surface area (Å²) >= 11 is 5.93. The Hall–Kier alpha value is -1.54. The zero-order valence-electron chi connectivity index (χ0n) is 10.5. The molecule has 3 N–H and O–H groups in total. The molecule has 0 bridgehead atoms. The van der Waals surface area contributed by atoms with Gasteiger partial charge in [-0.05, 0) is 23.8 Å². The van der Waals surface area contributed by atoms with Crippen LogP contribution in [0.25, 0.3) is 0 Å². The monoisotopic (exact) mass is 312 g/mol. The molecule has 8 heteroatoms. The molecule has 2 aromatic rings. The van der Waals surface area contributed by atoms with Gasteiger partial charge in [0.25, 0.3) is 0 Å². The van der Waals surface area contributed by atoms with Crippen LogP contribution in [0.3, 0.4) is 0 Å². The van der Waals surface area contributed by atoms with Crippen molar-refractivity contribution in [1.29, 1.82) is 0 Å². The van der Waals surface area contributed by atoms with Crippen molar-refractivity contribution in [3.8, 4) is 0 Å². The fourth-order valence-electron chi connectivity index (χ4n) is 1.55. The van der Waals surface area contributed by atoms with Gasteiger partial charge in [-0.15, -0.1) is 0 Å². The normalized spacial score (nSPS) is 11.5. The van der Waals surface area contributed by atoms with Crippen molar-refractivity contribution >= 4 is 21.6 Å². The predicted octanol–water partition coefficient (Wildman–Crippen LogP) is 1.07. The highest BCUT2D eigenvalue weighted by atomic mass is 35.5. The summed E-state index contributed by atoms with van der Waals surface area (Å²) in [7, 11) is -3.72. The Kier molecular flexibility index (Phi) is 4.66. The number of rotatable bonds is 5. The Morgan fingerprint density at radius 2 is 2.10 bits per heavy atom. The summed E-state index contributed by atoms with van der Waals surface area (Å²) in [6.07, 6.45) is 2.89. The molecule has 0 saturated carbocycles. The number of halogens is 1. The molecule has 0 radical (unpaired) electrons. The maximum Gasteiger partial charge on any atom is 0.242 e. The highest BCUT2D eigenvalue weighted by Crippen LogP contribution is 2.22. The van der Waals surface area contributed by atoms with Gasteiger partial charge in [0.15, 0.2) is 0 Å². The topological polar surface area (TPSA) is 98.0 Å². The molecule has 0 aliphatic heterocycles. The van der Waals surface area contributed by atoms with Crippen molar-refractivity contribution in [3.05, 3.63) is 53.1 Å². The van der Waals surface area contributed by atoms with Crippen LogP contribution in [0.15, 0.2) is 41.7 Å². The van der Waals surface area contributed by atoms with Gasteiger partial charge in [0, 0.05) is 12.7 Å². The fourth-order valence-corrected chi connectivity index (χ4v) is 3.10. The Morgan fingerprint density at radius 1 is 1.30 bits per heavy atom. The zero-order valence-corrected chi connectivity index (χ0v) is 12.0. The lowest BCUT2D eigenvalue weighted by atomic mass is 10.2. The van der Waals surface area contributed by atoms with Crippen LogP contribution in [-0.2, 0) is 23.1 Å². The molecule has 0 unspecified atom stereocenters. The minimum atomic E-state index is -3.72. The van der Waals surface area contributed by atoms with Crippen LogP contribution in [0.4, 0.5) is 0 Å². The number of nitrogens with two attached hydrogens (primary N) is 1. The van der Waals surface area contributed by atoms with E-state index in [9.17, 15) is 8.42 Å². The van der Waals surface area contributed by atoms with Crippen molar-refractivity contribution in [3.63, 3.8) is 0 Å². The molecular formula is C12H13ClN4O2S. The summed E-state index contributed by atoms with van der Waals surface area (Å²) in [5.74, 6) is 0. The molecule has 1 heterocycles. The van der Waals surface area contributed by atoms with E-state index in [0.717, 1.165) is 0 Å². The smallest absolute Gasteiger partial charge is 0.242 e. The summed E-state index contributed by atoms with van der Waals surface area (Å²) in [4.78, 5) is 7.71. The van der Waals surface area contributed by atoms with E-state index in [1.54, 1.807) is 18.3 Å². The molecule has 0 atom stereocenters. The maximum atomic E-state index is 12.2. The Morgan fingerprint density at radius 3 is 2.75 bits per heavy atom. The first-order chi connectivity index (χ1) is 9.53. The van der Waals surface area contributed by atoms with Gasteiger partial charge in [-0.1, -0.05) is 17.7 Å². The second-order valence-electron chi connectivity index (χ2n) is 3.99. The van der Waals surface area contributed by atoms with E-state index in [1.807, 2.05) is 0 Å². The van der Waals surface area contributed by atoms with Crippen LogP contribution in [0.5, 0.6) is 0 Å². The molecule has 0 fully saturated rings. The van der Waals surface area contributed by atoms with E-state index >= 15 is 0 Å². The fraction of sp³-hybridized carbons (Fsp3) is 0.167. The molecule has 1 aromatic heterocycles. The number of sulfonamides is 1. The van der Waals surface area contributed by atoms with Crippen LogP contribution in [0, 0.1) is 0 Å². The predicted molar refractivity (Wildman–Crippen MR) is 75.4 cm³/mol. The molecule has 20 heavy (non-hydrogen) atoms. The molecule has 0 aliphatic carbocycles. The standard InChI is InChI=1S/C12H13ClN4O2S/c13-11-2-1-9(6-14)5-12(11)20(18,19)17-7-10-3-4-15-8-16-10/h1-5,8,17H,6-7,14H2. The molecule has 2 rings (SSSR count). The van der Waals surface area contributed by atoms with Gasteiger partial charge in [0.2, 0.25) is 10.0 Å². The van der Waals surface area contributed by atoms with Crippen LogP contribution >= 0.6 is 11.6 Å². The molecular weight excluding hydrogens is 300 g/mol. The van der Waals surface area contributed by atoms with E-state index in [0.29, 0.717) is 11.3 Å². The van der Waals surface area contributed by atoms with Crippen molar-refractivity contribution < 1.29 is 8.42 Å². The molecule has 0 saturated heterocycles. The van der Waals surface area contributed by atoms with Gasteiger partial charge >= 0.3 is 0 Å². The van der Waals surface area contributed by atoms with Crippen LogP contribution in [0.2, 0.25) is 5.02 Å². The first-order valence-corrected chi connectivity index (χ1v) is 7.62. The first kappa shape index (κ1) is 14.9.